The van der Waals surface area contributed by atoms with Crippen LogP contribution in [0.2, 0.25) is 0 Å². The van der Waals surface area contributed by atoms with Crippen LogP contribution in [0.3, 0.4) is 0 Å². The third-order valence-electron chi connectivity index (χ3n) is 5.01. The lowest BCUT2D eigenvalue weighted by Crippen LogP contribution is -2.10. The van der Waals surface area contributed by atoms with Crippen LogP contribution in [0.15, 0.2) is 53.2 Å². The number of anilines is 2. The van der Waals surface area contributed by atoms with Crippen LogP contribution in [-0.2, 0) is 11.2 Å². The molecular formula is C22H22N4O2. The topological polar surface area (TPSA) is 71.3 Å². The number of benzene rings is 2. The molecule has 1 aromatic heterocycles. The molecule has 28 heavy (non-hydrogen) atoms. The number of hydrogen-bond donors (Lipinski definition) is 1. The quantitative estimate of drug-likeness (QED) is 0.731. The van der Waals surface area contributed by atoms with Crippen molar-refractivity contribution in [3.05, 3.63) is 70.9 Å². The van der Waals surface area contributed by atoms with E-state index in [9.17, 15) is 4.79 Å². The molecular weight excluding hydrogens is 352 g/mol. The van der Waals surface area contributed by atoms with E-state index in [1.165, 1.54) is 23.7 Å². The number of rotatable bonds is 5. The van der Waals surface area contributed by atoms with Crippen molar-refractivity contribution in [1.29, 1.82) is 0 Å². The molecule has 2 aromatic carbocycles. The van der Waals surface area contributed by atoms with Gasteiger partial charge >= 0.3 is 0 Å². The summed E-state index contributed by atoms with van der Waals surface area (Å²) < 4.78 is 4.94. The van der Waals surface area contributed by atoms with Gasteiger partial charge < -0.3 is 10.2 Å². The molecule has 6 nitrogen and oxygen atoms in total. The number of fused-ring (bicyclic) bond motifs is 1. The number of amides is 1. The third-order valence-corrected chi connectivity index (χ3v) is 5.01. The zero-order valence-electron chi connectivity index (χ0n) is 16.1. The van der Waals surface area contributed by atoms with E-state index in [1.54, 1.807) is 0 Å². The van der Waals surface area contributed by atoms with Gasteiger partial charge in [0.2, 0.25) is 11.7 Å². The maximum atomic E-state index is 11.5. The number of aromatic nitrogens is 2. The molecule has 0 saturated carbocycles. The van der Waals surface area contributed by atoms with E-state index < -0.39 is 0 Å². The van der Waals surface area contributed by atoms with Gasteiger partial charge in [0.25, 0.3) is 0 Å². The van der Waals surface area contributed by atoms with E-state index >= 15 is 0 Å². The Bertz CT molecular complexity index is 1030. The van der Waals surface area contributed by atoms with Gasteiger partial charge in [0, 0.05) is 32.6 Å². The number of nitrogens with one attached hydrogen (secondary N) is 1. The minimum atomic E-state index is -0.205. The summed E-state index contributed by atoms with van der Waals surface area (Å²) in [7, 11) is 4.06. The molecule has 142 valence electrons. The molecule has 1 N–H and O–H groups in total. The van der Waals surface area contributed by atoms with Crippen LogP contribution in [0.4, 0.5) is 11.5 Å². The Morgan fingerprint density at radius 3 is 2.57 bits per heavy atom. The third kappa shape index (κ3) is 3.41. The van der Waals surface area contributed by atoms with Crippen molar-refractivity contribution >= 4 is 29.1 Å². The summed E-state index contributed by atoms with van der Waals surface area (Å²) in [5.41, 5.74) is 6.38. The minimum Gasteiger partial charge on any atom is -0.378 e. The van der Waals surface area contributed by atoms with Crippen molar-refractivity contribution in [2.24, 2.45) is 0 Å². The molecule has 1 heterocycles. The van der Waals surface area contributed by atoms with E-state index in [-0.39, 0.29) is 11.8 Å². The maximum Gasteiger partial charge on any atom is 0.222 e. The van der Waals surface area contributed by atoms with Gasteiger partial charge in [-0.05, 0) is 57.2 Å². The molecule has 1 aliphatic carbocycles. The number of carbonyl (C=O) groups is 1. The fraction of sp³-hybridized carbons (Fsp3) is 0.227. The first-order valence-corrected chi connectivity index (χ1v) is 9.20. The minimum absolute atomic E-state index is 0.112. The SMILES string of the molecule is CC(=O)Nc1nonc1C1=Cc2ccccc2C1Cc1ccc(N(C)C)cc1. The zero-order chi connectivity index (χ0) is 19.7. The first-order chi connectivity index (χ1) is 13.5. The monoisotopic (exact) mass is 374 g/mol. The summed E-state index contributed by atoms with van der Waals surface area (Å²) in [4.78, 5) is 13.6. The lowest BCUT2D eigenvalue weighted by molar-refractivity contribution is -0.114. The van der Waals surface area contributed by atoms with Crippen LogP contribution in [0.5, 0.6) is 0 Å². The van der Waals surface area contributed by atoms with Gasteiger partial charge in [-0.2, -0.15) is 0 Å². The molecule has 3 aromatic rings. The number of nitrogens with zero attached hydrogens (tertiary/aromatic N) is 3. The Balaban J connectivity index is 1.70. The van der Waals surface area contributed by atoms with Gasteiger partial charge in [-0.1, -0.05) is 36.4 Å². The fourth-order valence-electron chi connectivity index (χ4n) is 3.64. The van der Waals surface area contributed by atoms with Crippen molar-refractivity contribution in [3.8, 4) is 0 Å². The molecule has 4 rings (SSSR count). The van der Waals surface area contributed by atoms with Crippen molar-refractivity contribution in [2.75, 3.05) is 24.3 Å². The van der Waals surface area contributed by atoms with Crippen molar-refractivity contribution in [2.45, 2.75) is 19.3 Å². The lowest BCUT2D eigenvalue weighted by atomic mass is 9.88. The molecule has 0 aliphatic heterocycles. The van der Waals surface area contributed by atoms with Crippen LogP contribution in [0, 0.1) is 0 Å². The van der Waals surface area contributed by atoms with Gasteiger partial charge in [0.15, 0.2) is 5.69 Å². The highest BCUT2D eigenvalue weighted by molar-refractivity contribution is 5.96. The molecule has 1 aliphatic rings. The van der Waals surface area contributed by atoms with Gasteiger partial charge in [-0.3, -0.25) is 4.79 Å². The summed E-state index contributed by atoms with van der Waals surface area (Å²) in [6, 6.07) is 16.9. The molecule has 0 radical (unpaired) electrons. The fourth-order valence-corrected chi connectivity index (χ4v) is 3.64. The average molecular weight is 374 g/mol. The first kappa shape index (κ1) is 18.0. The molecule has 0 saturated heterocycles. The smallest absolute Gasteiger partial charge is 0.222 e. The Kier molecular flexibility index (Phi) is 4.69. The van der Waals surface area contributed by atoms with Crippen LogP contribution in [-0.4, -0.2) is 30.3 Å². The van der Waals surface area contributed by atoms with E-state index in [4.69, 9.17) is 4.63 Å². The lowest BCUT2D eigenvalue weighted by Gasteiger charge is -2.17. The first-order valence-electron chi connectivity index (χ1n) is 9.20. The predicted molar refractivity (Wildman–Crippen MR) is 110 cm³/mol. The molecule has 1 amide bonds. The second kappa shape index (κ2) is 7.31. The van der Waals surface area contributed by atoms with Gasteiger partial charge in [0.05, 0.1) is 0 Å². The summed E-state index contributed by atoms with van der Waals surface area (Å²) in [5.74, 6) is 0.268. The Morgan fingerprint density at radius 1 is 1.11 bits per heavy atom. The molecule has 0 bridgehead atoms. The summed E-state index contributed by atoms with van der Waals surface area (Å²) >= 11 is 0. The highest BCUT2D eigenvalue weighted by Gasteiger charge is 2.30. The van der Waals surface area contributed by atoms with Gasteiger partial charge in [-0.15, -0.1) is 0 Å². The number of allylic oxidation sites excluding steroid dienone is 1. The second-order valence-corrected chi connectivity index (χ2v) is 7.19. The molecule has 1 unspecified atom stereocenters. The second-order valence-electron chi connectivity index (χ2n) is 7.19. The zero-order valence-corrected chi connectivity index (χ0v) is 16.1. The van der Waals surface area contributed by atoms with Crippen molar-refractivity contribution in [1.82, 2.24) is 10.3 Å². The predicted octanol–water partition coefficient (Wildman–Crippen LogP) is 3.97. The normalized spacial score (nSPS) is 15.1. The summed E-state index contributed by atoms with van der Waals surface area (Å²) in [6.07, 6.45) is 2.93. The highest BCUT2D eigenvalue weighted by atomic mass is 16.6. The van der Waals surface area contributed by atoms with Crippen LogP contribution in [0.1, 0.15) is 35.2 Å². The number of carbonyl (C=O) groups excluding carboxylic acids is 1. The maximum absolute atomic E-state index is 11.5. The number of hydrogen-bond acceptors (Lipinski definition) is 5. The van der Waals surface area contributed by atoms with Gasteiger partial charge in [-0.25, -0.2) is 4.63 Å². The Hall–Kier alpha value is -3.41. The van der Waals surface area contributed by atoms with E-state index in [0.29, 0.717) is 11.5 Å². The Morgan fingerprint density at radius 2 is 1.86 bits per heavy atom. The summed E-state index contributed by atoms with van der Waals surface area (Å²) in [5, 5.41) is 10.7. The standard InChI is InChI=1S/C22H22N4O2/c1-14(27)23-22-21(24-28-25-22)20-13-16-6-4-5-7-18(16)19(20)12-15-8-10-17(11-9-15)26(2)3/h4-11,13,19H,12H2,1-3H3,(H,23,25,27). The molecule has 0 fully saturated rings. The van der Waals surface area contributed by atoms with E-state index in [1.807, 2.05) is 26.2 Å². The average Bonchev–Trinajstić information content (AvgIpc) is 3.26. The highest BCUT2D eigenvalue weighted by Crippen LogP contribution is 2.44. The molecule has 0 spiro atoms. The Labute approximate surface area is 163 Å². The van der Waals surface area contributed by atoms with Crippen molar-refractivity contribution < 1.29 is 9.42 Å². The van der Waals surface area contributed by atoms with E-state index in [2.05, 4.69) is 63.0 Å². The summed E-state index contributed by atoms with van der Waals surface area (Å²) in [6.45, 7) is 1.44. The van der Waals surface area contributed by atoms with Crippen molar-refractivity contribution in [3.63, 3.8) is 0 Å². The van der Waals surface area contributed by atoms with Crippen LogP contribution >= 0.6 is 0 Å². The van der Waals surface area contributed by atoms with Crippen LogP contribution in [0.25, 0.3) is 11.6 Å². The molecule has 6 heteroatoms. The van der Waals surface area contributed by atoms with E-state index in [0.717, 1.165) is 17.6 Å². The van der Waals surface area contributed by atoms with Crippen LogP contribution < -0.4 is 10.2 Å². The van der Waals surface area contributed by atoms with Gasteiger partial charge in [0.1, 0.15) is 0 Å². The largest absolute Gasteiger partial charge is 0.378 e. The molecule has 1 atom stereocenters.